The Hall–Kier alpha value is -1.81. The average Bonchev–Trinajstić information content (AvgIpc) is 2.65. The maximum Gasteiger partial charge on any atom is 0.167 e. The topological polar surface area (TPSA) is 44.1 Å². The van der Waals surface area contributed by atoms with Crippen molar-refractivity contribution in [3.05, 3.63) is 46.2 Å². The van der Waals surface area contributed by atoms with Crippen molar-refractivity contribution < 1.29 is 9.53 Å². The average molecular weight is 279 g/mol. The Morgan fingerprint density at radius 3 is 2.47 bits per heavy atom. The molecule has 5 heteroatoms. The smallest absolute Gasteiger partial charge is 0.167 e. The maximum absolute atomic E-state index is 12.2. The molecule has 1 aromatic carbocycles. The Labute approximate surface area is 116 Å². The summed E-state index contributed by atoms with van der Waals surface area (Å²) in [4.78, 5) is 12.2. The van der Waals surface area contributed by atoms with Gasteiger partial charge in [0.15, 0.2) is 5.78 Å². The molecule has 0 bridgehead atoms. The molecule has 2 aromatic rings. The monoisotopic (exact) mass is 278 g/mol. The van der Waals surface area contributed by atoms with E-state index in [0.29, 0.717) is 10.7 Å². The molecule has 2 rings (SSSR count). The Balaban J connectivity index is 2.20. The molecule has 19 heavy (non-hydrogen) atoms. The summed E-state index contributed by atoms with van der Waals surface area (Å²) < 4.78 is 6.64. The highest BCUT2D eigenvalue weighted by molar-refractivity contribution is 6.30. The Kier molecular flexibility index (Phi) is 3.90. The highest BCUT2D eigenvalue weighted by Gasteiger charge is 2.16. The van der Waals surface area contributed by atoms with Crippen molar-refractivity contribution in [2.24, 2.45) is 7.05 Å². The second-order valence-corrected chi connectivity index (χ2v) is 4.66. The fourth-order valence-corrected chi connectivity index (χ4v) is 2.16. The molecule has 100 valence electrons. The first-order valence-electron chi connectivity index (χ1n) is 5.88. The quantitative estimate of drug-likeness (QED) is 0.808. The molecule has 0 N–H and O–H groups in total. The van der Waals surface area contributed by atoms with Crippen molar-refractivity contribution in [3.8, 4) is 5.75 Å². The number of benzene rings is 1. The van der Waals surface area contributed by atoms with E-state index in [1.54, 1.807) is 43.1 Å². The summed E-state index contributed by atoms with van der Waals surface area (Å²) in [5.74, 6) is 0.743. The fraction of sp³-hybridized carbons (Fsp3) is 0.286. The van der Waals surface area contributed by atoms with Crippen LogP contribution in [0.4, 0.5) is 0 Å². The van der Waals surface area contributed by atoms with E-state index in [1.165, 1.54) is 0 Å². The highest BCUT2D eigenvalue weighted by Crippen LogP contribution is 2.21. The zero-order valence-corrected chi connectivity index (χ0v) is 11.9. The number of aromatic nitrogens is 2. The number of Topliss-reactive ketones (excluding diaryl/α,β-unsaturated/α-hetero) is 1. The van der Waals surface area contributed by atoms with Crippen molar-refractivity contribution in [2.75, 3.05) is 7.11 Å². The zero-order valence-electron chi connectivity index (χ0n) is 11.1. The lowest BCUT2D eigenvalue weighted by atomic mass is 10.0. The first-order valence-corrected chi connectivity index (χ1v) is 6.26. The van der Waals surface area contributed by atoms with Crippen LogP contribution in [0.15, 0.2) is 24.3 Å². The molecule has 4 nitrogen and oxygen atoms in total. The van der Waals surface area contributed by atoms with Crippen LogP contribution in [0, 0.1) is 6.92 Å². The predicted molar refractivity (Wildman–Crippen MR) is 74.0 cm³/mol. The number of hydrogen-bond acceptors (Lipinski definition) is 3. The van der Waals surface area contributed by atoms with E-state index in [-0.39, 0.29) is 12.2 Å². The molecule has 0 aliphatic rings. The second-order valence-electron chi connectivity index (χ2n) is 4.31. The van der Waals surface area contributed by atoms with Gasteiger partial charge in [-0.1, -0.05) is 11.6 Å². The van der Waals surface area contributed by atoms with Gasteiger partial charge in [-0.2, -0.15) is 5.10 Å². The van der Waals surface area contributed by atoms with Gasteiger partial charge in [-0.25, -0.2) is 0 Å². The zero-order chi connectivity index (χ0) is 14.0. The van der Waals surface area contributed by atoms with Crippen molar-refractivity contribution in [3.63, 3.8) is 0 Å². The predicted octanol–water partition coefficient (Wildman–Crippen LogP) is 2.82. The number of nitrogens with zero attached hydrogens (tertiary/aromatic N) is 2. The third-order valence-corrected chi connectivity index (χ3v) is 3.49. The van der Waals surface area contributed by atoms with Crippen LogP contribution in [0.2, 0.25) is 5.15 Å². The standard InChI is InChI=1S/C14H15ClN2O2/c1-9-12(14(15)17(2)16-9)8-13(18)10-4-6-11(19-3)7-5-10/h4-7H,8H2,1-3H3. The number of carbonyl (C=O) groups is 1. The number of hydrogen-bond donors (Lipinski definition) is 0. The number of ether oxygens (including phenoxy) is 1. The molecule has 0 aliphatic carbocycles. The number of carbonyl (C=O) groups excluding carboxylic acids is 1. The summed E-state index contributed by atoms with van der Waals surface area (Å²) in [5.41, 5.74) is 2.21. The second kappa shape index (κ2) is 5.45. The van der Waals surface area contributed by atoms with Gasteiger partial charge in [0.2, 0.25) is 0 Å². The van der Waals surface area contributed by atoms with Gasteiger partial charge in [0.1, 0.15) is 10.9 Å². The Bertz CT molecular complexity index is 603. The first-order chi connectivity index (χ1) is 9.02. The van der Waals surface area contributed by atoms with Crippen LogP contribution < -0.4 is 4.74 Å². The van der Waals surface area contributed by atoms with Crippen LogP contribution in [0.3, 0.4) is 0 Å². The minimum atomic E-state index is 0.0145. The Morgan fingerprint density at radius 2 is 2.00 bits per heavy atom. The summed E-state index contributed by atoms with van der Waals surface area (Å²) >= 11 is 6.12. The molecule has 0 saturated carbocycles. The lowest BCUT2D eigenvalue weighted by Gasteiger charge is -2.03. The van der Waals surface area contributed by atoms with Gasteiger partial charge in [-0.15, -0.1) is 0 Å². The van der Waals surface area contributed by atoms with Crippen LogP contribution in [0.1, 0.15) is 21.6 Å². The molecule has 0 saturated heterocycles. The minimum Gasteiger partial charge on any atom is -0.497 e. The van der Waals surface area contributed by atoms with E-state index < -0.39 is 0 Å². The number of rotatable bonds is 4. The van der Waals surface area contributed by atoms with Gasteiger partial charge in [-0.05, 0) is 31.2 Å². The van der Waals surface area contributed by atoms with Crippen molar-refractivity contribution >= 4 is 17.4 Å². The van der Waals surface area contributed by atoms with Crippen molar-refractivity contribution in [1.29, 1.82) is 0 Å². The molecule has 0 aliphatic heterocycles. The highest BCUT2D eigenvalue weighted by atomic mass is 35.5. The molecular weight excluding hydrogens is 264 g/mol. The van der Waals surface area contributed by atoms with Crippen LogP contribution in [-0.2, 0) is 13.5 Å². The van der Waals surface area contributed by atoms with Crippen LogP contribution in [-0.4, -0.2) is 22.7 Å². The summed E-state index contributed by atoms with van der Waals surface area (Å²) in [6.45, 7) is 1.85. The van der Waals surface area contributed by atoms with E-state index in [0.717, 1.165) is 17.0 Å². The van der Waals surface area contributed by atoms with E-state index in [4.69, 9.17) is 16.3 Å². The molecule has 0 unspecified atom stereocenters. The number of aryl methyl sites for hydroxylation is 2. The molecule has 0 radical (unpaired) electrons. The third-order valence-electron chi connectivity index (χ3n) is 3.02. The Morgan fingerprint density at radius 1 is 1.37 bits per heavy atom. The van der Waals surface area contributed by atoms with Gasteiger partial charge >= 0.3 is 0 Å². The number of ketones is 1. The first kappa shape index (κ1) is 13.6. The van der Waals surface area contributed by atoms with Gasteiger partial charge in [0.25, 0.3) is 0 Å². The summed E-state index contributed by atoms with van der Waals surface area (Å²) in [5, 5.41) is 4.71. The molecule has 1 heterocycles. The van der Waals surface area contributed by atoms with Crippen LogP contribution in [0.5, 0.6) is 5.75 Å². The van der Waals surface area contributed by atoms with Crippen LogP contribution >= 0.6 is 11.6 Å². The molecule has 1 aromatic heterocycles. The van der Waals surface area contributed by atoms with Crippen molar-refractivity contribution in [2.45, 2.75) is 13.3 Å². The summed E-state index contributed by atoms with van der Waals surface area (Å²) in [6.07, 6.45) is 0.255. The molecule has 0 atom stereocenters. The van der Waals surface area contributed by atoms with E-state index in [2.05, 4.69) is 5.10 Å². The molecular formula is C14H15ClN2O2. The van der Waals surface area contributed by atoms with Crippen LogP contribution in [0.25, 0.3) is 0 Å². The normalized spacial score (nSPS) is 10.5. The summed E-state index contributed by atoms with van der Waals surface area (Å²) in [6, 6.07) is 7.04. The maximum atomic E-state index is 12.2. The van der Waals surface area contributed by atoms with Gasteiger partial charge in [0, 0.05) is 24.6 Å². The van der Waals surface area contributed by atoms with E-state index >= 15 is 0 Å². The lowest BCUT2D eigenvalue weighted by molar-refractivity contribution is 0.0992. The molecule has 0 spiro atoms. The fourth-order valence-electron chi connectivity index (χ4n) is 1.91. The van der Waals surface area contributed by atoms with Crippen molar-refractivity contribution in [1.82, 2.24) is 9.78 Å². The number of halogens is 1. The molecule has 0 amide bonds. The van der Waals surface area contributed by atoms with E-state index in [1.807, 2.05) is 6.92 Å². The third kappa shape index (κ3) is 2.79. The van der Waals surface area contributed by atoms with E-state index in [9.17, 15) is 4.79 Å². The van der Waals surface area contributed by atoms with Gasteiger partial charge in [0.05, 0.1) is 12.8 Å². The largest absolute Gasteiger partial charge is 0.497 e. The summed E-state index contributed by atoms with van der Waals surface area (Å²) in [7, 11) is 3.35. The van der Waals surface area contributed by atoms with Gasteiger partial charge in [-0.3, -0.25) is 9.48 Å². The SMILES string of the molecule is COc1ccc(C(=O)Cc2c(C)nn(C)c2Cl)cc1. The van der Waals surface area contributed by atoms with Gasteiger partial charge < -0.3 is 4.74 Å². The molecule has 0 fully saturated rings. The number of methoxy groups -OCH3 is 1. The minimum absolute atomic E-state index is 0.0145. The lowest BCUT2D eigenvalue weighted by Crippen LogP contribution is -2.04.